The fourth-order valence-electron chi connectivity index (χ4n) is 3.48. The van der Waals surface area contributed by atoms with Crippen LogP contribution in [0, 0.1) is 5.92 Å². The van der Waals surface area contributed by atoms with Crippen molar-refractivity contribution in [3.05, 3.63) is 54.6 Å². The van der Waals surface area contributed by atoms with E-state index < -0.39 is 0 Å². The van der Waals surface area contributed by atoms with Gasteiger partial charge in [-0.2, -0.15) is 10.2 Å². The van der Waals surface area contributed by atoms with E-state index >= 15 is 0 Å². The molecule has 0 spiro atoms. The molecule has 1 aliphatic heterocycles. The van der Waals surface area contributed by atoms with Crippen LogP contribution in [0.25, 0.3) is 22.2 Å². The van der Waals surface area contributed by atoms with E-state index in [1.165, 1.54) is 0 Å². The Balaban J connectivity index is 0.00000231. The van der Waals surface area contributed by atoms with E-state index in [1.54, 1.807) is 6.20 Å². The molecule has 0 unspecified atom stereocenters. The minimum atomic E-state index is 0. The van der Waals surface area contributed by atoms with E-state index in [0.717, 1.165) is 47.4 Å². The second-order valence-corrected chi connectivity index (χ2v) is 8.09. The molecule has 8 nitrogen and oxygen atoms in total. The molecule has 1 aliphatic rings. The van der Waals surface area contributed by atoms with Crippen molar-refractivity contribution in [2.75, 3.05) is 18.4 Å². The van der Waals surface area contributed by atoms with Gasteiger partial charge in [-0.25, -0.2) is 4.98 Å². The van der Waals surface area contributed by atoms with Gasteiger partial charge in [0.15, 0.2) is 5.82 Å². The van der Waals surface area contributed by atoms with Crippen LogP contribution in [0.1, 0.15) is 32.8 Å². The Labute approximate surface area is 182 Å². The Morgan fingerprint density at radius 1 is 1.06 bits per heavy atom. The number of hydrogen-bond donors (Lipinski definition) is 2. The molecule has 0 aromatic carbocycles. The summed E-state index contributed by atoms with van der Waals surface area (Å²) in [6.07, 6.45) is 7.64. The van der Waals surface area contributed by atoms with E-state index in [0.29, 0.717) is 23.5 Å². The molecule has 0 atom stereocenters. The molecule has 0 radical (unpaired) electrons. The molecule has 160 valence electrons. The number of pyridine rings is 2. The molecule has 4 aromatic rings. The van der Waals surface area contributed by atoms with Gasteiger partial charge in [0.05, 0.1) is 23.4 Å². The van der Waals surface area contributed by atoms with Gasteiger partial charge in [0.1, 0.15) is 5.82 Å². The molecular formula is C23H28N8. The highest BCUT2D eigenvalue weighted by Crippen LogP contribution is 2.24. The second-order valence-electron chi connectivity index (χ2n) is 8.09. The maximum absolute atomic E-state index is 4.73. The van der Waals surface area contributed by atoms with E-state index in [-0.39, 0.29) is 7.43 Å². The molecule has 1 fully saturated rings. The topological polar surface area (TPSA) is 93.4 Å². The van der Waals surface area contributed by atoms with Crippen molar-refractivity contribution in [3.63, 3.8) is 0 Å². The third-order valence-electron chi connectivity index (χ3n) is 5.41. The summed E-state index contributed by atoms with van der Waals surface area (Å²) in [4.78, 5) is 9.31. The Morgan fingerprint density at radius 3 is 2.71 bits per heavy atom. The first kappa shape index (κ1) is 20.9. The van der Waals surface area contributed by atoms with Crippen molar-refractivity contribution in [1.29, 1.82) is 0 Å². The van der Waals surface area contributed by atoms with Crippen LogP contribution in [0.5, 0.6) is 0 Å². The van der Waals surface area contributed by atoms with Crippen molar-refractivity contribution in [2.45, 2.75) is 33.7 Å². The third-order valence-corrected chi connectivity index (χ3v) is 5.41. The summed E-state index contributed by atoms with van der Waals surface area (Å²) in [5.41, 5.74) is 4.85. The summed E-state index contributed by atoms with van der Waals surface area (Å²) < 4.78 is 2.01. The number of nitrogens with one attached hydrogen (secondary N) is 2. The Morgan fingerprint density at radius 2 is 1.94 bits per heavy atom. The lowest BCUT2D eigenvalue weighted by atomic mass is 10.0. The van der Waals surface area contributed by atoms with Gasteiger partial charge in [0, 0.05) is 49.1 Å². The molecular weight excluding hydrogens is 388 g/mol. The second kappa shape index (κ2) is 8.77. The van der Waals surface area contributed by atoms with Gasteiger partial charge < -0.3 is 10.6 Å². The van der Waals surface area contributed by atoms with Gasteiger partial charge >= 0.3 is 0 Å². The maximum Gasteiger partial charge on any atom is 0.154 e. The van der Waals surface area contributed by atoms with Gasteiger partial charge in [-0.15, -0.1) is 5.10 Å². The molecule has 0 amide bonds. The highest BCUT2D eigenvalue weighted by atomic mass is 15.3. The molecule has 1 saturated heterocycles. The molecule has 2 N–H and O–H groups in total. The molecule has 0 bridgehead atoms. The lowest BCUT2D eigenvalue weighted by Gasteiger charge is -2.26. The van der Waals surface area contributed by atoms with Gasteiger partial charge in [-0.1, -0.05) is 21.3 Å². The van der Waals surface area contributed by atoms with Crippen LogP contribution < -0.4 is 10.6 Å². The lowest BCUT2D eigenvalue weighted by molar-refractivity contribution is 0.295. The standard InChI is InChI=1S/C22H24N8.CH4/c1-14(2)16-6-22(29-25-10-16)28-21-4-3-19-20(27-21)5-17(9-24-19)18-11-26-30(13-18)12-15-7-23-8-15;/h3-6,9-11,13-15,23H,7-8,12H2,1-2H3,(H,27,28,29);1H4. The first-order chi connectivity index (χ1) is 14.6. The van der Waals surface area contributed by atoms with E-state index in [9.17, 15) is 0 Å². The zero-order valence-corrected chi connectivity index (χ0v) is 17.1. The van der Waals surface area contributed by atoms with Crippen LogP contribution in [0.3, 0.4) is 0 Å². The molecule has 8 heteroatoms. The number of nitrogens with zero attached hydrogens (tertiary/aromatic N) is 6. The summed E-state index contributed by atoms with van der Waals surface area (Å²) in [6, 6.07) is 7.92. The number of hydrogen-bond acceptors (Lipinski definition) is 7. The maximum atomic E-state index is 4.73. The zero-order chi connectivity index (χ0) is 20.5. The number of aromatic nitrogens is 6. The van der Waals surface area contributed by atoms with Gasteiger partial charge in [-0.3, -0.25) is 9.67 Å². The SMILES string of the molecule is C.CC(C)c1cnnc(Nc2ccc3ncc(-c4cnn(CC5CNC5)c4)cc3n2)c1. The van der Waals surface area contributed by atoms with Crippen LogP contribution in [0.15, 0.2) is 49.1 Å². The van der Waals surface area contributed by atoms with Gasteiger partial charge in [-0.05, 0) is 35.7 Å². The molecule has 4 aromatic heterocycles. The first-order valence-corrected chi connectivity index (χ1v) is 10.2. The summed E-state index contributed by atoms with van der Waals surface area (Å²) in [5.74, 6) is 2.45. The normalized spacial score (nSPS) is 13.8. The Kier molecular flexibility index (Phi) is 5.90. The molecule has 5 rings (SSSR count). The predicted molar refractivity (Wildman–Crippen MR) is 123 cm³/mol. The Hall–Kier alpha value is -3.39. The van der Waals surface area contributed by atoms with Crippen LogP contribution in [-0.2, 0) is 6.54 Å². The van der Waals surface area contributed by atoms with Crippen molar-refractivity contribution < 1.29 is 0 Å². The molecule has 0 aliphatic carbocycles. The number of anilines is 2. The summed E-state index contributed by atoms with van der Waals surface area (Å²) in [7, 11) is 0. The number of rotatable bonds is 6. The first-order valence-electron chi connectivity index (χ1n) is 10.2. The number of fused-ring (bicyclic) bond motifs is 1. The van der Waals surface area contributed by atoms with Crippen LogP contribution >= 0.6 is 0 Å². The highest BCUT2D eigenvalue weighted by Gasteiger charge is 2.17. The summed E-state index contributed by atoms with van der Waals surface area (Å²) in [6.45, 7) is 7.34. The van der Waals surface area contributed by atoms with Crippen LogP contribution in [0.2, 0.25) is 0 Å². The van der Waals surface area contributed by atoms with E-state index in [4.69, 9.17) is 4.98 Å². The van der Waals surface area contributed by atoms with E-state index in [1.807, 2.05) is 35.3 Å². The van der Waals surface area contributed by atoms with Gasteiger partial charge in [0.25, 0.3) is 0 Å². The fourth-order valence-corrected chi connectivity index (χ4v) is 3.48. The van der Waals surface area contributed by atoms with E-state index in [2.05, 4.69) is 57.0 Å². The Bertz CT molecular complexity index is 1180. The minimum Gasteiger partial charge on any atom is -0.323 e. The van der Waals surface area contributed by atoms with Crippen molar-refractivity contribution in [1.82, 2.24) is 35.3 Å². The van der Waals surface area contributed by atoms with Crippen LogP contribution in [-0.4, -0.2) is 43.0 Å². The van der Waals surface area contributed by atoms with Crippen molar-refractivity contribution >= 4 is 22.7 Å². The summed E-state index contributed by atoms with van der Waals surface area (Å²) in [5, 5.41) is 19.3. The van der Waals surface area contributed by atoms with Crippen molar-refractivity contribution in [3.8, 4) is 11.1 Å². The molecule has 31 heavy (non-hydrogen) atoms. The smallest absolute Gasteiger partial charge is 0.154 e. The quantitative estimate of drug-likeness (QED) is 0.490. The van der Waals surface area contributed by atoms with Crippen molar-refractivity contribution in [2.24, 2.45) is 5.92 Å². The molecule has 5 heterocycles. The monoisotopic (exact) mass is 416 g/mol. The average Bonchev–Trinajstić information content (AvgIpc) is 3.19. The minimum absolute atomic E-state index is 0. The highest BCUT2D eigenvalue weighted by molar-refractivity contribution is 5.81. The summed E-state index contributed by atoms with van der Waals surface area (Å²) >= 11 is 0. The predicted octanol–water partition coefficient (Wildman–Crippen LogP) is 4.01. The zero-order valence-electron chi connectivity index (χ0n) is 17.1. The largest absolute Gasteiger partial charge is 0.323 e. The third kappa shape index (κ3) is 4.54. The van der Waals surface area contributed by atoms with Gasteiger partial charge in [0.2, 0.25) is 0 Å². The molecule has 0 saturated carbocycles. The van der Waals surface area contributed by atoms with Crippen LogP contribution in [0.4, 0.5) is 11.6 Å². The lowest BCUT2D eigenvalue weighted by Crippen LogP contribution is -2.44. The average molecular weight is 417 g/mol. The fraction of sp³-hybridized carbons (Fsp3) is 0.348.